The van der Waals surface area contributed by atoms with Crippen molar-refractivity contribution >= 4 is 27.4 Å². The number of unbranched alkanes of at least 4 members (excludes halogenated alkanes) is 2. The maximum atomic E-state index is 4.26. The van der Waals surface area contributed by atoms with Crippen LogP contribution in [0.15, 0.2) is 17.8 Å². The van der Waals surface area contributed by atoms with Gasteiger partial charge in [0.1, 0.15) is 17.0 Å². The summed E-state index contributed by atoms with van der Waals surface area (Å²) >= 11 is 1.65. The Hall–Kier alpha value is -1.16. The highest BCUT2D eigenvalue weighted by Gasteiger charge is 2.02. The van der Waals surface area contributed by atoms with Gasteiger partial charge in [-0.15, -0.1) is 11.3 Å². The van der Waals surface area contributed by atoms with Crippen LogP contribution in [0.25, 0.3) is 10.2 Å². The van der Waals surface area contributed by atoms with Crippen LogP contribution in [0.5, 0.6) is 0 Å². The molecule has 4 heteroatoms. The minimum atomic E-state index is 0.970. The van der Waals surface area contributed by atoms with E-state index >= 15 is 0 Å². The first-order valence-electron chi connectivity index (χ1n) is 5.34. The number of hydrogen-bond acceptors (Lipinski definition) is 4. The van der Waals surface area contributed by atoms with Crippen LogP contribution in [0.3, 0.4) is 0 Å². The second-order valence-corrected chi connectivity index (χ2v) is 4.39. The Morgan fingerprint density at radius 2 is 2.27 bits per heavy atom. The van der Waals surface area contributed by atoms with Crippen LogP contribution in [0.1, 0.15) is 26.2 Å². The molecule has 0 aromatic carbocycles. The number of nitrogens with zero attached hydrogens (tertiary/aromatic N) is 2. The zero-order chi connectivity index (χ0) is 10.5. The Morgan fingerprint density at radius 3 is 3.13 bits per heavy atom. The molecule has 2 aromatic rings. The fourth-order valence-electron chi connectivity index (χ4n) is 1.51. The number of rotatable bonds is 5. The van der Waals surface area contributed by atoms with E-state index in [9.17, 15) is 0 Å². The lowest BCUT2D eigenvalue weighted by Crippen LogP contribution is -2.03. The van der Waals surface area contributed by atoms with Gasteiger partial charge in [0.15, 0.2) is 0 Å². The fourth-order valence-corrected chi connectivity index (χ4v) is 2.25. The lowest BCUT2D eigenvalue weighted by atomic mass is 10.2. The highest BCUT2D eigenvalue weighted by molar-refractivity contribution is 7.16. The minimum Gasteiger partial charge on any atom is -0.369 e. The molecule has 0 aliphatic heterocycles. The molecule has 2 rings (SSSR count). The molecule has 2 aromatic heterocycles. The minimum absolute atomic E-state index is 0.970. The monoisotopic (exact) mass is 221 g/mol. The lowest BCUT2D eigenvalue weighted by molar-refractivity contribution is 0.742. The van der Waals surface area contributed by atoms with E-state index < -0.39 is 0 Å². The predicted molar refractivity (Wildman–Crippen MR) is 65.4 cm³/mol. The van der Waals surface area contributed by atoms with Gasteiger partial charge in [0.05, 0.1) is 5.39 Å². The molecule has 0 amide bonds. The molecular formula is C11H15N3S. The molecule has 3 nitrogen and oxygen atoms in total. The first kappa shape index (κ1) is 10.4. The van der Waals surface area contributed by atoms with Crippen molar-refractivity contribution in [3.05, 3.63) is 17.8 Å². The average Bonchev–Trinajstić information content (AvgIpc) is 2.73. The van der Waals surface area contributed by atoms with Gasteiger partial charge in [0.2, 0.25) is 0 Å². The molecule has 0 saturated heterocycles. The summed E-state index contributed by atoms with van der Waals surface area (Å²) in [4.78, 5) is 9.53. The molecule has 1 N–H and O–H groups in total. The molecular weight excluding hydrogens is 206 g/mol. The van der Waals surface area contributed by atoms with Crippen molar-refractivity contribution in [3.63, 3.8) is 0 Å². The zero-order valence-corrected chi connectivity index (χ0v) is 9.68. The van der Waals surface area contributed by atoms with Crippen molar-refractivity contribution in [1.29, 1.82) is 0 Å². The highest BCUT2D eigenvalue weighted by atomic mass is 32.1. The fraction of sp³-hybridized carbons (Fsp3) is 0.455. The summed E-state index contributed by atoms with van der Waals surface area (Å²) in [7, 11) is 0. The molecule has 0 radical (unpaired) electrons. The van der Waals surface area contributed by atoms with E-state index in [0.29, 0.717) is 0 Å². The topological polar surface area (TPSA) is 37.8 Å². The summed E-state index contributed by atoms with van der Waals surface area (Å²) in [6, 6.07) is 2.07. The molecule has 80 valence electrons. The van der Waals surface area contributed by atoms with E-state index in [-0.39, 0.29) is 0 Å². The van der Waals surface area contributed by atoms with Gasteiger partial charge in [-0.05, 0) is 17.9 Å². The largest absolute Gasteiger partial charge is 0.369 e. The second-order valence-electron chi connectivity index (χ2n) is 3.50. The van der Waals surface area contributed by atoms with E-state index in [1.807, 2.05) is 0 Å². The average molecular weight is 221 g/mol. The molecule has 0 bridgehead atoms. The zero-order valence-electron chi connectivity index (χ0n) is 8.86. The number of thiophene rings is 1. The number of anilines is 1. The van der Waals surface area contributed by atoms with Crippen LogP contribution in [0.2, 0.25) is 0 Å². The van der Waals surface area contributed by atoms with Crippen molar-refractivity contribution in [2.45, 2.75) is 26.2 Å². The van der Waals surface area contributed by atoms with Gasteiger partial charge in [-0.2, -0.15) is 0 Å². The number of aromatic nitrogens is 2. The van der Waals surface area contributed by atoms with Crippen molar-refractivity contribution < 1.29 is 0 Å². The van der Waals surface area contributed by atoms with Crippen LogP contribution < -0.4 is 5.32 Å². The maximum Gasteiger partial charge on any atom is 0.138 e. The summed E-state index contributed by atoms with van der Waals surface area (Å²) < 4.78 is 0. The van der Waals surface area contributed by atoms with E-state index in [1.54, 1.807) is 17.7 Å². The first-order chi connectivity index (χ1) is 7.42. The van der Waals surface area contributed by atoms with E-state index in [1.165, 1.54) is 19.3 Å². The number of fused-ring (bicyclic) bond motifs is 1. The molecule has 0 unspecified atom stereocenters. The van der Waals surface area contributed by atoms with Gasteiger partial charge < -0.3 is 5.32 Å². The van der Waals surface area contributed by atoms with E-state index in [4.69, 9.17) is 0 Å². The number of nitrogens with one attached hydrogen (secondary N) is 1. The summed E-state index contributed by atoms with van der Waals surface area (Å²) in [6.45, 7) is 3.21. The Kier molecular flexibility index (Phi) is 3.50. The SMILES string of the molecule is CCCCCNc1ncnc2sccc12. The first-order valence-corrected chi connectivity index (χ1v) is 6.22. The van der Waals surface area contributed by atoms with Crippen molar-refractivity contribution in [2.75, 3.05) is 11.9 Å². The Balaban J connectivity index is 2.04. The van der Waals surface area contributed by atoms with Crippen molar-refractivity contribution in [1.82, 2.24) is 9.97 Å². The third-order valence-corrected chi connectivity index (χ3v) is 3.16. The standard InChI is InChI=1S/C11H15N3S/c1-2-3-4-6-12-10-9-5-7-15-11(9)14-8-13-10/h5,7-8H,2-4,6H2,1H3,(H,12,13,14). The predicted octanol–water partition coefficient (Wildman–Crippen LogP) is 3.29. The van der Waals surface area contributed by atoms with Crippen LogP contribution in [-0.4, -0.2) is 16.5 Å². The van der Waals surface area contributed by atoms with Crippen molar-refractivity contribution in [3.8, 4) is 0 Å². The van der Waals surface area contributed by atoms with Gasteiger partial charge in [0, 0.05) is 6.54 Å². The van der Waals surface area contributed by atoms with Crippen LogP contribution in [0.4, 0.5) is 5.82 Å². The van der Waals surface area contributed by atoms with E-state index in [2.05, 4.69) is 33.7 Å². The normalized spacial score (nSPS) is 10.7. The van der Waals surface area contributed by atoms with Crippen molar-refractivity contribution in [2.24, 2.45) is 0 Å². The summed E-state index contributed by atoms with van der Waals surface area (Å²) in [6.07, 6.45) is 5.34. The third-order valence-electron chi connectivity index (χ3n) is 2.33. The van der Waals surface area contributed by atoms with E-state index in [0.717, 1.165) is 22.6 Å². The highest BCUT2D eigenvalue weighted by Crippen LogP contribution is 2.23. The van der Waals surface area contributed by atoms with Gasteiger partial charge in [-0.3, -0.25) is 0 Å². The second kappa shape index (κ2) is 5.07. The Labute approximate surface area is 93.6 Å². The molecule has 0 saturated carbocycles. The summed E-state index contributed by atoms with van der Waals surface area (Å²) in [5.41, 5.74) is 0. The van der Waals surface area contributed by atoms with Crippen LogP contribution in [0, 0.1) is 0 Å². The number of hydrogen-bond donors (Lipinski definition) is 1. The third kappa shape index (κ3) is 2.45. The molecule has 2 heterocycles. The van der Waals surface area contributed by atoms with Gasteiger partial charge in [0.25, 0.3) is 0 Å². The molecule has 0 aliphatic carbocycles. The molecule has 15 heavy (non-hydrogen) atoms. The van der Waals surface area contributed by atoms with Crippen LogP contribution >= 0.6 is 11.3 Å². The molecule has 0 spiro atoms. The Bertz CT molecular complexity index is 424. The van der Waals surface area contributed by atoms with Gasteiger partial charge in [-0.25, -0.2) is 9.97 Å². The van der Waals surface area contributed by atoms with Gasteiger partial charge in [-0.1, -0.05) is 19.8 Å². The quantitative estimate of drug-likeness (QED) is 0.787. The maximum absolute atomic E-state index is 4.26. The smallest absolute Gasteiger partial charge is 0.138 e. The molecule has 0 fully saturated rings. The Morgan fingerprint density at radius 1 is 1.33 bits per heavy atom. The summed E-state index contributed by atoms with van der Waals surface area (Å²) in [5, 5.41) is 6.55. The van der Waals surface area contributed by atoms with Crippen LogP contribution in [-0.2, 0) is 0 Å². The lowest BCUT2D eigenvalue weighted by Gasteiger charge is -2.05. The molecule has 0 aliphatic rings. The summed E-state index contributed by atoms with van der Waals surface area (Å²) in [5.74, 6) is 0.970. The van der Waals surface area contributed by atoms with Gasteiger partial charge >= 0.3 is 0 Å². The molecule has 0 atom stereocenters.